The van der Waals surface area contributed by atoms with Crippen LogP contribution in [0.3, 0.4) is 0 Å². The summed E-state index contributed by atoms with van der Waals surface area (Å²) in [6, 6.07) is 11.5. The predicted molar refractivity (Wildman–Crippen MR) is 114 cm³/mol. The molecule has 2 aliphatic rings. The number of carbonyl (C=O) groups is 1. The van der Waals surface area contributed by atoms with Crippen molar-refractivity contribution in [3.8, 4) is 5.75 Å². The Hall–Kier alpha value is -2.83. The van der Waals surface area contributed by atoms with Gasteiger partial charge in [-0.2, -0.15) is 4.98 Å². The Labute approximate surface area is 172 Å². The highest BCUT2D eigenvalue weighted by molar-refractivity contribution is 5.81. The van der Waals surface area contributed by atoms with E-state index >= 15 is 0 Å². The van der Waals surface area contributed by atoms with Gasteiger partial charge in [0.05, 0.1) is 0 Å². The number of nitrogens with zero attached hydrogens (tertiary/aromatic N) is 5. The molecular weight excluding hydrogens is 366 g/mol. The van der Waals surface area contributed by atoms with E-state index in [1.165, 1.54) is 12.8 Å². The third kappa shape index (κ3) is 4.60. The van der Waals surface area contributed by atoms with Gasteiger partial charge in [0.1, 0.15) is 11.6 Å². The first-order chi connectivity index (χ1) is 14.1. The summed E-state index contributed by atoms with van der Waals surface area (Å²) in [5.41, 5.74) is 0.986. The maximum Gasteiger partial charge on any atom is 0.263 e. The van der Waals surface area contributed by atoms with Crippen molar-refractivity contribution in [3.63, 3.8) is 0 Å². The Kier molecular flexibility index (Phi) is 5.83. The summed E-state index contributed by atoms with van der Waals surface area (Å²) in [4.78, 5) is 28.6. The molecule has 1 aromatic carbocycles. The molecule has 0 bridgehead atoms. The molecular formula is C22H29N5O2. The average molecular weight is 396 g/mol. The Morgan fingerprint density at radius 1 is 0.966 bits per heavy atom. The first-order valence-corrected chi connectivity index (χ1v) is 10.5. The lowest BCUT2D eigenvalue weighted by atomic mass is 10.2. The fourth-order valence-electron chi connectivity index (χ4n) is 3.92. The van der Waals surface area contributed by atoms with Crippen LogP contribution in [0.1, 0.15) is 25.5 Å². The van der Waals surface area contributed by atoms with Gasteiger partial charge in [0, 0.05) is 51.0 Å². The zero-order valence-electron chi connectivity index (χ0n) is 17.3. The maximum atomic E-state index is 12.8. The SMILES string of the molecule is Cc1cc(N2CCN(C(=O)C(C)Oc3ccccc3)CC2)nc(N2CCCC2)n1. The van der Waals surface area contributed by atoms with Crippen molar-refractivity contribution in [1.29, 1.82) is 0 Å². The van der Waals surface area contributed by atoms with E-state index in [0.717, 1.165) is 49.4 Å². The van der Waals surface area contributed by atoms with Crippen molar-refractivity contribution in [2.24, 2.45) is 0 Å². The van der Waals surface area contributed by atoms with Gasteiger partial charge < -0.3 is 19.4 Å². The predicted octanol–water partition coefficient (Wildman–Crippen LogP) is 2.50. The van der Waals surface area contributed by atoms with Crippen LogP contribution in [-0.2, 0) is 4.79 Å². The standard InChI is InChI=1S/C22H29N5O2/c1-17-16-20(24-22(23-17)27-10-6-7-11-27)25-12-14-26(15-13-25)21(28)18(2)29-19-8-4-3-5-9-19/h3-5,8-9,16,18H,6-7,10-15H2,1-2H3. The van der Waals surface area contributed by atoms with Crippen LogP contribution in [0.4, 0.5) is 11.8 Å². The molecule has 2 aromatic rings. The van der Waals surface area contributed by atoms with E-state index in [-0.39, 0.29) is 5.91 Å². The molecule has 7 heteroatoms. The maximum absolute atomic E-state index is 12.8. The number of piperazine rings is 1. The Morgan fingerprint density at radius 3 is 2.34 bits per heavy atom. The molecule has 7 nitrogen and oxygen atoms in total. The summed E-state index contributed by atoms with van der Waals surface area (Å²) in [7, 11) is 0. The van der Waals surface area contributed by atoms with Crippen molar-refractivity contribution in [1.82, 2.24) is 14.9 Å². The molecule has 0 saturated carbocycles. The van der Waals surface area contributed by atoms with Crippen LogP contribution in [0.25, 0.3) is 0 Å². The van der Waals surface area contributed by atoms with Gasteiger partial charge in [-0.1, -0.05) is 18.2 Å². The first-order valence-electron chi connectivity index (χ1n) is 10.5. The summed E-state index contributed by atoms with van der Waals surface area (Å²) in [5, 5.41) is 0. The molecule has 1 amide bonds. The molecule has 1 unspecified atom stereocenters. The summed E-state index contributed by atoms with van der Waals surface area (Å²) < 4.78 is 5.80. The lowest BCUT2D eigenvalue weighted by Crippen LogP contribution is -2.52. The second-order valence-electron chi connectivity index (χ2n) is 7.75. The van der Waals surface area contributed by atoms with Crippen LogP contribution in [0, 0.1) is 6.92 Å². The van der Waals surface area contributed by atoms with Crippen molar-refractivity contribution >= 4 is 17.7 Å². The van der Waals surface area contributed by atoms with Gasteiger partial charge in [0.25, 0.3) is 5.91 Å². The first kappa shape index (κ1) is 19.5. The van der Waals surface area contributed by atoms with Crippen LogP contribution in [0.2, 0.25) is 0 Å². The van der Waals surface area contributed by atoms with Crippen LogP contribution >= 0.6 is 0 Å². The van der Waals surface area contributed by atoms with Gasteiger partial charge in [-0.05, 0) is 38.8 Å². The molecule has 0 N–H and O–H groups in total. The monoisotopic (exact) mass is 395 g/mol. The Balaban J connectivity index is 1.36. The van der Waals surface area contributed by atoms with Crippen molar-refractivity contribution in [2.45, 2.75) is 32.8 Å². The number of aryl methyl sites for hydroxylation is 1. The van der Waals surface area contributed by atoms with E-state index in [1.54, 1.807) is 0 Å². The second-order valence-corrected chi connectivity index (χ2v) is 7.75. The van der Waals surface area contributed by atoms with Gasteiger partial charge in [-0.3, -0.25) is 4.79 Å². The highest BCUT2D eigenvalue weighted by Crippen LogP contribution is 2.22. The minimum Gasteiger partial charge on any atom is -0.481 e. The van der Waals surface area contributed by atoms with E-state index in [1.807, 2.05) is 55.1 Å². The summed E-state index contributed by atoms with van der Waals surface area (Å²) in [6.45, 7) is 8.77. The zero-order valence-corrected chi connectivity index (χ0v) is 17.3. The second kappa shape index (κ2) is 8.68. The fraction of sp³-hybridized carbons (Fsp3) is 0.500. The molecule has 1 atom stereocenters. The number of carbonyl (C=O) groups excluding carboxylic acids is 1. The number of rotatable bonds is 5. The van der Waals surface area contributed by atoms with Gasteiger partial charge in [0.15, 0.2) is 6.10 Å². The molecule has 4 rings (SSSR count). The molecule has 3 heterocycles. The van der Waals surface area contributed by atoms with E-state index < -0.39 is 6.10 Å². The molecule has 2 saturated heterocycles. The van der Waals surface area contributed by atoms with E-state index in [4.69, 9.17) is 9.72 Å². The van der Waals surface area contributed by atoms with Gasteiger partial charge in [-0.15, -0.1) is 0 Å². The lowest BCUT2D eigenvalue weighted by molar-refractivity contribution is -0.138. The van der Waals surface area contributed by atoms with E-state index in [2.05, 4.69) is 14.8 Å². The van der Waals surface area contributed by atoms with E-state index in [0.29, 0.717) is 13.1 Å². The normalized spacial score (nSPS) is 18.1. The molecule has 154 valence electrons. The van der Waals surface area contributed by atoms with Gasteiger partial charge in [0.2, 0.25) is 5.95 Å². The number of aromatic nitrogens is 2. The topological polar surface area (TPSA) is 61.8 Å². The fourth-order valence-corrected chi connectivity index (χ4v) is 3.92. The largest absolute Gasteiger partial charge is 0.481 e. The quantitative estimate of drug-likeness (QED) is 0.775. The van der Waals surface area contributed by atoms with Crippen molar-refractivity contribution in [2.75, 3.05) is 49.1 Å². The van der Waals surface area contributed by atoms with Crippen LogP contribution in [-0.4, -0.2) is 66.1 Å². The third-order valence-corrected chi connectivity index (χ3v) is 5.54. The minimum absolute atomic E-state index is 0.0325. The van der Waals surface area contributed by atoms with Gasteiger partial charge in [-0.25, -0.2) is 4.98 Å². The minimum atomic E-state index is -0.494. The number of benzene rings is 1. The summed E-state index contributed by atoms with van der Waals surface area (Å²) in [5.74, 6) is 2.55. The molecule has 0 radical (unpaired) electrons. The Morgan fingerprint density at radius 2 is 1.66 bits per heavy atom. The molecule has 2 aliphatic heterocycles. The summed E-state index contributed by atoms with van der Waals surface area (Å²) in [6.07, 6.45) is 1.92. The van der Waals surface area contributed by atoms with Crippen molar-refractivity contribution < 1.29 is 9.53 Å². The highest BCUT2D eigenvalue weighted by atomic mass is 16.5. The zero-order chi connectivity index (χ0) is 20.2. The molecule has 2 fully saturated rings. The van der Waals surface area contributed by atoms with Crippen LogP contribution in [0.15, 0.2) is 36.4 Å². The number of para-hydroxylation sites is 1. The molecule has 0 aliphatic carbocycles. The lowest BCUT2D eigenvalue weighted by Gasteiger charge is -2.36. The smallest absolute Gasteiger partial charge is 0.263 e. The number of anilines is 2. The van der Waals surface area contributed by atoms with Gasteiger partial charge >= 0.3 is 0 Å². The molecule has 0 spiro atoms. The van der Waals surface area contributed by atoms with E-state index in [9.17, 15) is 4.79 Å². The third-order valence-electron chi connectivity index (χ3n) is 5.54. The number of hydrogen-bond acceptors (Lipinski definition) is 6. The van der Waals surface area contributed by atoms with Crippen LogP contribution in [0.5, 0.6) is 5.75 Å². The van der Waals surface area contributed by atoms with Crippen molar-refractivity contribution in [3.05, 3.63) is 42.1 Å². The Bertz CT molecular complexity index is 830. The van der Waals surface area contributed by atoms with Crippen LogP contribution < -0.4 is 14.5 Å². The molecule has 1 aromatic heterocycles. The molecule has 29 heavy (non-hydrogen) atoms. The summed E-state index contributed by atoms with van der Waals surface area (Å²) >= 11 is 0. The highest BCUT2D eigenvalue weighted by Gasteiger charge is 2.27. The number of hydrogen-bond donors (Lipinski definition) is 0. The number of ether oxygens (including phenoxy) is 1. The average Bonchev–Trinajstić information content (AvgIpc) is 3.29. The number of amides is 1.